The van der Waals surface area contributed by atoms with Gasteiger partial charge < -0.3 is 35.6 Å². The van der Waals surface area contributed by atoms with Gasteiger partial charge >= 0.3 is 0 Å². The van der Waals surface area contributed by atoms with E-state index in [1.165, 1.54) is 14.0 Å². The molecule has 0 spiro atoms. The van der Waals surface area contributed by atoms with Gasteiger partial charge in [-0.1, -0.05) is 37.8 Å². The fourth-order valence-corrected chi connectivity index (χ4v) is 5.99. The predicted octanol–water partition coefficient (Wildman–Crippen LogP) is 1.69. The topological polar surface area (TPSA) is 167 Å². The first-order chi connectivity index (χ1) is 20.0. The van der Waals surface area contributed by atoms with Gasteiger partial charge in [-0.05, 0) is 69.6 Å². The highest BCUT2D eigenvalue weighted by atomic mass is 16.6. The molecule has 11 heteroatoms. The van der Waals surface area contributed by atoms with Crippen LogP contribution in [0.5, 0.6) is 5.75 Å². The van der Waals surface area contributed by atoms with E-state index in [1.807, 2.05) is 0 Å². The van der Waals surface area contributed by atoms with Crippen molar-refractivity contribution < 1.29 is 38.9 Å². The minimum Gasteiger partial charge on any atom is -0.497 e. The molecule has 3 aliphatic rings. The standard InChI is InChI=1S/C31H45N3O8/c1-18(32-29(39)21-8-12-22(35)13-9-21)28(38)34-25(26(36)20-10-14-23(41-3)15-11-20)30(40)33-24(16-19-6-4-5-7-19)27(37)31(2)17-42-31/h10-11,14-15,18-19,21-22,24-26,35-36H,4-9,12-13,16-17H2,1-3H3,(H,32,39)(H,33,40)(H,34,38)/t18-,21?,22?,24+,25+,26-,31-/m1/s1. The summed E-state index contributed by atoms with van der Waals surface area (Å²) in [5.41, 5.74) is -0.581. The van der Waals surface area contributed by atoms with Crippen LogP contribution in [-0.4, -0.2) is 77.3 Å². The molecule has 232 valence electrons. The lowest BCUT2D eigenvalue weighted by molar-refractivity contribution is -0.137. The lowest BCUT2D eigenvalue weighted by atomic mass is 9.87. The molecular formula is C31H45N3O8. The summed E-state index contributed by atoms with van der Waals surface area (Å²) < 4.78 is 10.6. The molecule has 1 aromatic rings. The number of ketones is 1. The maximum absolute atomic E-state index is 13.8. The van der Waals surface area contributed by atoms with Crippen LogP contribution in [0.2, 0.25) is 0 Å². The molecule has 0 radical (unpaired) electrons. The van der Waals surface area contributed by atoms with Gasteiger partial charge in [-0.15, -0.1) is 0 Å². The largest absolute Gasteiger partial charge is 0.497 e. The lowest BCUT2D eigenvalue weighted by Gasteiger charge is -2.29. The number of carbonyl (C=O) groups is 4. The van der Waals surface area contributed by atoms with Gasteiger partial charge in [0.2, 0.25) is 17.7 Å². The second-order valence-corrected chi connectivity index (χ2v) is 12.3. The summed E-state index contributed by atoms with van der Waals surface area (Å²) in [6, 6.07) is 3.21. The van der Waals surface area contributed by atoms with E-state index in [0.29, 0.717) is 43.4 Å². The van der Waals surface area contributed by atoms with E-state index in [2.05, 4.69) is 16.0 Å². The van der Waals surface area contributed by atoms with Crippen LogP contribution in [0.3, 0.4) is 0 Å². The number of benzene rings is 1. The lowest BCUT2D eigenvalue weighted by Crippen LogP contribution is -2.58. The monoisotopic (exact) mass is 587 g/mol. The van der Waals surface area contributed by atoms with Gasteiger partial charge in [-0.25, -0.2) is 0 Å². The normalized spacial score (nSPS) is 26.8. The van der Waals surface area contributed by atoms with E-state index in [-0.39, 0.29) is 30.1 Å². The number of methoxy groups -OCH3 is 1. The number of epoxide rings is 1. The van der Waals surface area contributed by atoms with Crippen molar-refractivity contribution in [2.24, 2.45) is 11.8 Å². The van der Waals surface area contributed by atoms with Crippen LogP contribution in [0.4, 0.5) is 0 Å². The molecular weight excluding hydrogens is 542 g/mol. The van der Waals surface area contributed by atoms with E-state index >= 15 is 0 Å². The zero-order chi connectivity index (χ0) is 30.4. The number of nitrogens with one attached hydrogen (secondary N) is 3. The Morgan fingerprint density at radius 1 is 0.976 bits per heavy atom. The van der Waals surface area contributed by atoms with Crippen LogP contribution in [0, 0.1) is 11.8 Å². The Kier molecular flexibility index (Phi) is 10.6. The van der Waals surface area contributed by atoms with Crippen LogP contribution in [0.25, 0.3) is 0 Å². The van der Waals surface area contributed by atoms with E-state index < -0.39 is 47.7 Å². The molecule has 3 amide bonds. The van der Waals surface area contributed by atoms with E-state index in [4.69, 9.17) is 9.47 Å². The summed E-state index contributed by atoms with van der Waals surface area (Å²) in [6.07, 6.45) is 4.82. The Morgan fingerprint density at radius 3 is 2.17 bits per heavy atom. The molecule has 1 saturated heterocycles. The van der Waals surface area contributed by atoms with E-state index in [9.17, 15) is 29.4 Å². The van der Waals surface area contributed by atoms with Gasteiger partial charge in [-0.2, -0.15) is 0 Å². The predicted molar refractivity (Wildman–Crippen MR) is 153 cm³/mol. The minimum absolute atomic E-state index is 0.218. The highest BCUT2D eigenvalue weighted by molar-refractivity contribution is 5.98. The number of aliphatic hydroxyl groups excluding tert-OH is 2. The molecule has 2 saturated carbocycles. The Balaban J connectivity index is 1.49. The summed E-state index contributed by atoms with van der Waals surface area (Å²) in [7, 11) is 1.51. The molecule has 1 heterocycles. The van der Waals surface area contributed by atoms with Crippen LogP contribution >= 0.6 is 0 Å². The number of carbonyl (C=O) groups excluding carboxylic acids is 4. The van der Waals surface area contributed by atoms with Gasteiger partial charge in [0, 0.05) is 5.92 Å². The average Bonchev–Trinajstić information content (AvgIpc) is 3.53. The van der Waals surface area contributed by atoms with Crippen molar-refractivity contribution in [1.82, 2.24) is 16.0 Å². The van der Waals surface area contributed by atoms with Gasteiger partial charge in [0.05, 0.1) is 25.9 Å². The Labute approximate surface area is 247 Å². The molecule has 1 aromatic carbocycles. The summed E-state index contributed by atoms with van der Waals surface area (Å²) >= 11 is 0. The fraction of sp³-hybridized carbons (Fsp3) is 0.677. The number of aliphatic hydroxyl groups is 2. The molecule has 5 atom stereocenters. The highest BCUT2D eigenvalue weighted by Gasteiger charge is 2.50. The number of rotatable bonds is 13. The van der Waals surface area contributed by atoms with Crippen molar-refractivity contribution in [1.29, 1.82) is 0 Å². The van der Waals surface area contributed by atoms with Gasteiger partial charge in [0.25, 0.3) is 0 Å². The summed E-state index contributed by atoms with van der Waals surface area (Å²) in [5, 5.41) is 29.2. The molecule has 0 bridgehead atoms. The number of Topliss-reactive ketones (excluding diaryl/α,β-unsaturated/α-hetero) is 1. The summed E-state index contributed by atoms with van der Waals surface area (Å²) in [6.45, 7) is 3.50. The van der Waals surface area contributed by atoms with Crippen molar-refractivity contribution in [2.45, 2.75) is 108 Å². The molecule has 5 N–H and O–H groups in total. The Hall–Kier alpha value is -3.02. The maximum Gasteiger partial charge on any atom is 0.246 e. The second kappa shape index (κ2) is 14.0. The molecule has 42 heavy (non-hydrogen) atoms. The number of ether oxygens (including phenoxy) is 2. The third kappa shape index (κ3) is 8.08. The molecule has 0 aromatic heterocycles. The molecule has 4 rings (SSSR count). The minimum atomic E-state index is -1.45. The van der Waals surface area contributed by atoms with Crippen LogP contribution in [0.15, 0.2) is 24.3 Å². The first-order valence-corrected chi connectivity index (χ1v) is 15.1. The summed E-state index contributed by atoms with van der Waals surface area (Å²) in [5.74, 6) is -1.32. The van der Waals surface area contributed by atoms with Crippen molar-refractivity contribution in [3.8, 4) is 5.75 Å². The van der Waals surface area contributed by atoms with Crippen LogP contribution in [0.1, 0.15) is 83.3 Å². The quantitative estimate of drug-likeness (QED) is 0.218. The Bertz CT molecular complexity index is 1110. The molecule has 2 aliphatic carbocycles. The van der Waals surface area contributed by atoms with Gasteiger partial charge in [0.1, 0.15) is 29.5 Å². The first-order valence-electron chi connectivity index (χ1n) is 15.1. The average molecular weight is 588 g/mol. The molecule has 0 unspecified atom stereocenters. The highest BCUT2D eigenvalue weighted by Crippen LogP contribution is 2.34. The van der Waals surface area contributed by atoms with E-state index in [0.717, 1.165) is 25.7 Å². The molecule has 1 aliphatic heterocycles. The molecule has 3 fully saturated rings. The Morgan fingerprint density at radius 2 is 1.60 bits per heavy atom. The van der Waals surface area contributed by atoms with Crippen molar-refractivity contribution in [3.05, 3.63) is 29.8 Å². The number of amides is 3. The molecule has 11 nitrogen and oxygen atoms in total. The van der Waals surface area contributed by atoms with Crippen molar-refractivity contribution >= 4 is 23.5 Å². The summed E-state index contributed by atoms with van der Waals surface area (Å²) in [4.78, 5) is 53.1. The number of hydrogen-bond acceptors (Lipinski definition) is 8. The third-order valence-corrected chi connectivity index (χ3v) is 8.95. The van der Waals surface area contributed by atoms with Crippen LogP contribution in [-0.2, 0) is 23.9 Å². The maximum atomic E-state index is 13.8. The van der Waals surface area contributed by atoms with Crippen molar-refractivity contribution in [2.75, 3.05) is 13.7 Å². The van der Waals surface area contributed by atoms with Gasteiger partial charge in [0.15, 0.2) is 5.78 Å². The second-order valence-electron chi connectivity index (χ2n) is 12.3. The zero-order valence-corrected chi connectivity index (χ0v) is 24.8. The third-order valence-electron chi connectivity index (χ3n) is 8.95. The van der Waals surface area contributed by atoms with Crippen LogP contribution < -0.4 is 20.7 Å². The SMILES string of the molecule is COc1ccc([C@@H](O)[C@H](NC(=O)[C@@H](C)NC(=O)C2CCC(O)CC2)C(=O)N[C@@H](CC2CCCC2)C(=O)[C@@]2(C)CO2)cc1. The number of hydrogen-bond donors (Lipinski definition) is 5. The van der Waals surface area contributed by atoms with E-state index in [1.54, 1.807) is 31.2 Å². The zero-order valence-electron chi connectivity index (χ0n) is 24.8. The fourth-order valence-electron chi connectivity index (χ4n) is 5.99. The first kappa shape index (κ1) is 31.9. The van der Waals surface area contributed by atoms with Gasteiger partial charge in [-0.3, -0.25) is 19.2 Å². The smallest absolute Gasteiger partial charge is 0.246 e. The van der Waals surface area contributed by atoms with Crippen molar-refractivity contribution in [3.63, 3.8) is 0 Å².